The molecule has 4 nitrogen and oxygen atoms in total. The molecule has 0 heterocycles. The Morgan fingerprint density at radius 3 is 2.67 bits per heavy atom. The number of aliphatic carboxylic acids is 1. The van der Waals surface area contributed by atoms with Crippen LogP contribution in [0.15, 0.2) is 30.3 Å². The minimum atomic E-state index is -0.946. The largest absolute Gasteiger partial charge is 0.478 e. The van der Waals surface area contributed by atoms with E-state index >= 15 is 0 Å². The summed E-state index contributed by atoms with van der Waals surface area (Å²) in [6.07, 6.45) is 6.72. The molecule has 21 heavy (non-hydrogen) atoms. The molecular weight excluding hydrogens is 266 g/mol. The van der Waals surface area contributed by atoms with Crippen molar-refractivity contribution in [2.24, 2.45) is 0 Å². The minimum Gasteiger partial charge on any atom is -0.478 e. The summed E-state index contributed by atoms with van der Waals surface area (Å²) in [5, 5.41) is 19.2. The molecule has 1 aliphatic rings. The third-order valence-corrected chi connectivity index (χ3v) is 4.00. The van der Waals surface area contributed by atoms with Gasteiger partial charge in [-0.25, -0.2) is 4.79 Å². The van der Waals surface area contributed by atoms with Crippen molar-refractivity contribution in [2.45, 2.75) is 37.8 Å². The topological polar surface area (TPSA) is 60.8 Å². The van der Waals surface area contributed by atoms with Gasteiger partial charge in [0, 0.05) is 19.2 Å². The number of carbonyl (C=O) groups is 1. The average Bonchev–Trinajstić information content (AvgIpc) is 2.83. The van der Waals surface area contributed by atoms with E-state index in [-0.39, 0.29) is 0 Å². The van der Waals surface area contributed by atoms with Crippen LogP contribution in [0.2, 0.25) is 0 Å². The van der Waals surface area contributed by atoms with Gasteiger partial charge in [-0.1, -0.05) is 37.1 Å². The molecule has 2 rings (SSSR count). The van der Waals surface area contributed by atoms with Gasteiger partial charge in [0.05, 0.1) is 5.60 Å². The van der Waals surface area contributed by atoms with E-state index in [4.69, 9.17) is 5.11 Å². The summed E-state index contributed by atoms with van der Waals surface area (Å²) < 4.78 is 0. The van der Waals surface area contributed by atoms with Crippen LogP contribution in [0.25, 0.3) is 6.08 Å². The van der Waals surface area contributed by atoms with Gasteiger partial charge >= 0.3 is 5.97 Å². The fourth-order valence-electron chi connectivity index (χ4n) is 3.04. The van der Waals surface area contributed by atoms with Crippen LogP contribution in [0, 0.1) is 0 Å². The maximum atomic E-state index is 10.6. The average molecular weight is 289 g/mol. The third kappa shape index (κ3) is 4.69. The Kier molecular flexibility index (Phi) is 5.15. The highest BCUT2D eigenvalue weighted by Crippen LogP contribution is 2.30. The van der Waals surface area contributed by atoms with Crippen molar-refractivity contribution in [1.82, 2.24) is 4.90 Å². The molecule has 0 amide bonds. The predicted molar refractivity (Wildman–Crippen MR) is 82.9 cm³/mol. The number of rotatable bonds is 6. The van der Waals surface area contributed by atoms with Gasteiger partial charge in [0.15, 0.2) is 0 Å². The fourth-order valence-corrected chi connectivity index (χ4v) is 3.04. The van der Waals surface area contributed by atoms with Gasteiger partial charge in [-0.2, -0.15) is 0 Å². The molecule has 1 aliphatic carbocycles. The van der Waals surface area contributed by atoms with Crippen molar-refractivity contribution in [1.29, 1.82) is 0 Å². The Hall–Kier alpha value is -1.65. The summed E-state index contributed by atoms with van der Waals surface area (Å²) in [4.78, 5) is 12.8. The Labute approximate surface area is 125 Å². The number of carboxylic acid groups (broad SMARTS) is 1. The summed E-state index contributed by atoms with van der Waals surface area (Å²) in [5.41, 5.74) is 1.42. The van der Waals surface area contributed by atoms with Crippen LogP contribution in [0.1, 0.15) is 36.8 Å². The quantitative estimate of drug-likeness (QED) is 0.790. The SMILES string of the molecule is CN(Cc1ccccc1/C=C/C(=O)O)CC1(O)CCCC1. The molecule has 1 aromatic rings. The first-order chi connectivity index (χ1) is 9.98. The van der Waals surface area contributed by atoms with Crippen LogP contribution in [0.5, 0.6) is 0 Å². The number of aliphatic hydroxyl groups is 1. The van der Waals surface area contributed by atoms with Crippen LogP contribution in [-0.4, -0.2) is 40.3 Å². The second-order valence-corrected chi connectivity index (χ2v) is 5.97. The minimum absolute atomic E-state index is 0.555. The molecule has 0 aromatic heterocycles. The first kappa shape index (κ1) is 15.7. The second-order valence-electron chi connectivity index (χ2n) is 5.97. The van der Waals surface area contributed by atoms with E-state index in [1.54, 1.807) is 6.08 Å². The zero-order chi connectivity index (χ0) is 15.3. The van der Waals surface area contributed by atoms with E-state index in [0.717, 1.165) is 42.9 Å². The zero-order valence-electron chi connectivity index (χ0n) is 12.5. The van der Waals surface area contributed by atoms with Gasteiger partial charge < -0.3 is 10.2 Å². The van der Waals surface area contributed by atoms with Gasteiger partial charge in [-0.05, 0) is 37.1 Å². The van der Waals surface area contributed by atoms with E-state index < -0.39 is 11.6 Å². The van der Waals surface area contributed by atoms with Gasteiger partial charge in [0.2, 0.25) is 0 Å². The number of hydrogen-bond donors (Lipinski definition) is 2. The molecule has 0 atom stereocenters. The molecule has 0 aliphatic heterocycles. The van der Waals surface area contributed by atoms with Crippen molar-refractivity contribution in [3.05, 3.63) is 41.5 Å². The maximum absolute atomic E-state index is 10.6. The van der Waals surface area contributed by atoms with Crippen LogP contribution in [0.4, 0.5) is 0 Å². The fraction of sp³-hybridized carbons (Fsp3) is 0.471. The highest BCUT2D eigenvalue weighted by molar-refractivity contribution is 5.85. The zero-order valence-corrected chi connectivity index (χ0v) is 12.5. The predicted octanol–water partition coefficient (Wildman–Crippen LogP) is 2.52. The van der Waals surface area contributed by atoms with Gasteiger partial charge in [0.25, 0.3) is 0 Å². The molecule has 0 spiro atoms. The van der Waals surface area contributed by atoms with E-state index in [2.05, 4.69) is 4.90 Å². The van der Waals surface area contributed by atoms with Crippen LogP contribution in [-0.2, 0) is 11.3 Å². The van der Waals surface area contributed by atoms with Crippen LogP contribution >= 0.6 is 0 Å². The summed E-state index contributed by atoms with van der Waals surface area (Å²) in [6.45, 7) is 1.35. The van der Waals surface area contributed by atoms with Crippen molar-refractivity contribution >= 4 is 12.0 Å². The molecule has 1 aromatic carbocycles. The normalized spacial score (nSPS) is 17.7. The summed E-state index contributed by atoms with van der Waals surface area (Å²) in [6, 6.07) is 7.75. The van der Waals surface area contributed by atoms with Gasteiger partial charge in [-0.15, -0.1) is 0 Å². The lowest BCUT2D eigenvalue weighted by Crippen LogP contribution is -2.38. The summed E-state index contributed by atoms with van der Waals surface area (Å²) in [7, 11) is 1.99. The summed E-state index contributed by atoms with van der Waals surface area (Å²) >= 11 is 0. The van der Waals surface area contributed by atoms with Crippen molar-refractivity contribution < 1.29 is 15.0 Å². The van der Waals surface area contributed by atoms with Gasteiger partial charge in [-0.3, -0.25) is 4.90 Å². The van der Waals surface area contributed by atoms with E-state index in [1.807, 2.05) is 31.3 Å². The van der Waals surface area contributed by atoms with Gasteiger partial charge in [0.1, 0.15) is 0 Å². The highest BCUT2D eigenvalue weighted by Gasteiger charge is 2.32. The number of benzene rings is 1. The number of nitrogens with zero attached hydrogens (tertiary/aromatic N) is 1. The molecule has 4 heteroatoms. The number of likely N-dealkylation sites (N-methyl/N-ethyl adjacent to an activating group) is 1. The molecule has 114 valence electrons. The smallest absolute Gasteiger partial charge is 0.328 e. The first-order valence-electron chi connectivity index (χ1n) is 7.38. The molecule has 0 radical (unpaired) electrons. The van der Waals surface area contributed by atoms with Crippen molar-refractivity contribution in [3.63, 3.8) is 0 Å². The van der Waals surface area contributed by atoms with Crippen molar-refractivity contribution in [3.8, 4) is 0 Å². The first-order valence-corrected chi connectivity index (χ1v) is 7.38. The molecular formula is C17H23NO3. The second kappa shape index (κ2) is 6.87. The standard InChI is InChI=1S/C17H23NO3/c1-18(13-17(21)10-4-5-11-17)12-15-7-3-2-6-14(15)8-9-16(19)20/h2-3,6-9,21H,4-5,10-13H2,1H3,(H,19,20)/b9-8+. The lowest BCUT2D eigenvalue weighted by atomic mass is 10.0. The molecule has 0 bridgehead atoms. The lowest BCUT2D eigenvalue weighted by molar-refractivity contribution is -0.131. The Bertz CT molecular complexity index is 519. The third-order valence-electron chi connectivity index (χ3n) is 4.00. The molecule has 2 N–H and O–H groups in total. The lowest BCUT2D eigenvalue weighted by Gasteiger charge is -2.29. The number of carboxylic acids is 1. The Morgan fingerprint density at radius 2 is 2.00 bits per heavy atom. The molecule has 1 saturated carbocycles. The summed E-state index contributed by atoms with van der Waals surface area (Å²) in [5.74, 6) is -0.946. The Morgan fingerprint density at radius 1 is 1.33 bits per heavy atom. The molecule has 0 unspecified atom stereocenters. The maximum Gasteiger partial charge on any atom is 0.328 e. The number of hydrogen-bond acceptors (Lipinski definition) is 3. The molecule has 0 saturated heterocycles. The van der Waals surface area contributed by atoms with E-state index in [0.29, 0.717) is 13.1 Å². The van der Waals surface area contributed by atoms with Crippen molar-refractivity contribution in [2.75, 3.05) is 13.6 Å². The van der Waals surface area contributed by atoms with Crippen LogP contribution < -0.4 is 0 Å². The van der Waals surface area contributed by atoms with E-state index in [1.165, 1.54) is 0 Å². The molecule has 1 fully saturated rings. The van der Waals surface area contributed by atoms with Crippen LogP contribution in [0.3, 0.4) is 0 Å². The highest BCUT2D eigenvalue weighted by atomic mass is 16.4. The van der Waals surface area contributed by atoms with E-state index in [9.17, 15) is 9.90 Å². The Balaban J connectivity index is 2.03. The monoisotopic (exact) mass is 289 g/mol.